The molecule has 0 heterocycles. The number of nitrogens with one attached hydrogen (secondary N) is 1. The minimum absolute atomic E-state index is 0.273. The number of benzene rings is 1. The third-order valence-corrected chi connectivity index (χ3v) is 3.06. The summed E-state index contributed by atoms with van der Waals surface area (Å²) in [6.07, 6.45) is 5.14. The average molecular weight is 249 g/mol. The van der Waals surface area contributed by atoms with Crippen LogP contribution in [-0.2, 0) is 0 Å². The molecule has 1 unspecified atom stereocenters. The summed E-state index contributed by atoms with van der Waals surface area (Å²) in [6, 6.07) is 6.26. The van der Waals surface area contributed by atoms with E-state index in [4.69, 9.17) is 9.47 Å². The molecule has 1 aromatic carbocycles. The van der Waals surface area contributed by atoms with E-state index >= 15 is 0 Å². The van der Waals surface area contributed by atoms with Gasteiger partial charge in [0.25, 0.3) is 0 Å². The number of rotatable bonds is 8. The molecule has 0 spiro atoms. The molecular formula is C15H23NO2. The molecular weight excluding hydrogens is 226 g/mol. The van der Waals surface area contributed by atoms with E-state index < -0.39 is 0 Å². The van der Waals surface area contributed by atoms with Gasteiger partial charge in [0.05, 0.1) is 14.2 Å². The second-order valence-electron chi connectivity index (χ2n) is 4.14. The minimum atomic E-state index is 0.273. The smallest absolute Gasteiger partial charge is 0.165 e. The number of allylic oxidation sites excluding steroid dienone is 1. The maximum absolute atomic E-state index is 5.47. The van der Waals surface area contributed by atoms with Crippen molar-refractivity contribution in [3.05, 3.63) is 36.4 Å². The summed E-state index contributed by atoms with van der Waals surface area (Å²) < 4.78 is 10.8. The fourth-order valence-electron chi connectivity index (χ4n) is 2.11. The van der Waals surface area contributed by atoms with Gasteiger partial charge in [0, 0.05) is 11.6 Å². The molecule has 0 aliphatic heterocycles. The fourth-order valence-corrected chi connectivity index (χ4v) is 2.11. The first-order valence-corrected chi connectivity index (χ1v) is 6.27. The van der Waals surface area contributed by atoms with Crippen LogP contribution in [0.25, 0.3) is 0 Å². The number of para-hydroxylation sites is 1. The maximum Gasteiger partial charge on any atom is 0.165 e. The summed E-state index contributed by atoms with van der Waals surface area (Å²) in [5.41, 5.74) is 1.14. The topological polar surface area (TPSA) is 30.5 Å². The summed E-state index contributed by atoms with van der Waals surface area (Å²) >= 11 is 0. The monoisotopic (exact) mass is 249 g/mol. The van der Waals surface area contributed by atoms with Crippen molar-refractivity contribution in [3.63, 3.8) is 0 Å². The van der Waals surface area contributed by atoms with E-state index in [0.717, 1.165) is 36.3 Å². The van der Waals surface area contributed by atoms with Gasteiger partial charge < -0.3 is 14.8 Å². The van der Waals surface area contributed by atoms with Gasteiger partial charge in [-0.05, 0) is 32.4 Å². The lowest BCUT2D eigenvalue weighted by atomic mass is 9.99. The lowest BCUT2D eigenvalue weighted by Gasteiger charge is -2.20. The van der Waals surface area contributed by atoms with Crippen LogP contribution in [0, 0.1) is 0 Å². The molecule has 1 atom stereocenters. The van der Waals surface area contributed by atoms with Crippen LogP contribution in [0.5, 0.6) is 11.5 Å². The molecule has 0 aliphatic rings. The largest absolute Gasteiger partial charge is 0.493 e. The van der Waals surface area contributed by atoms with E-state index in [-0.39, 0.29) is 6.04 Å². The Bertz CT molecular complexity index is 377. The van der Waals surface area contributed by atoms with Crippen molar-refractivity contribution in [2.24, 2.45) is 0 Å². The van der Waals surface area contributed by atoms with Gasteiger partial charge in [-0.2, -0.15) is 0 Å². The van der Waals surface area contributed by atoms with Crippen LogP contribution in [-0.4, -0.2) is 21.3 Å². The zero-order valence-corrected chi connectivity index (χ0v) is 11.5. The molecule has 1 N–H and O–H groups in total. The Morgan fingerprint density at radius 2 is 2.11 bits per heavy atom. The molecule has 100 valence electrons. The van der Waals surface area contributed by atoms with Crippen molar-refractivity contribution in [1.82, 2.24) is 5.32 Å². The lowest BCUT2D eigenvalue weighted by Crippen LogP contribution is -2.17. The zero-order chi connectivity index (χ0) is 13.4. The van der Waals surface area contributed by atoms with Gasteiger partial charge in [0.15, 0.2) is 11.5 Å². The van der Waals surface area contributed by atoms with Crippen LogP contribution >= 0.6 is 0 Å². The van der Waals surface area contributed by atoms with E-state index in [0.29, 0.717) is 0 Å². The van der Waals surface area contributed by atoms with Gasteiger partial charge in [0.2, 0.25) is 0 Å². The second-order valence-corrected chi connectivity index (χ2v) is 4.14. The molecule has 0 fully saturated rings. The Morgan fingerprint density at radius 3 is 2.67 bits per heavy atom. The first kappa shape index (κ1) is 14.6. The standard InChI is InChI=1S/C15H23NO2/c1-5-6-7-10-13(16-2)12-9-8-11-14(17-3)15(12)18-4/h5,8-9,11,13,16H,1,6-7,10H2,2-4H3. The highest BCUT2D eigenvalue weighted by atomic mass is 16.5. The number of hydrogen-bond acceptors (Lipinski definition) is 3. The molecule has 0 bridgehead atoms. The molecule has 1 aromatic rings. The van der Waals surface area contributed by atoms with Gasteiger partial charge in [0.1, 0.15) is 0 Å². The summed E-state index contributed by atoms with van der Waals surface area (Å²) in [6.45, 7) is 3.75. The van der Waals surface area contributed by atoms with Crippen molar-refractivity contribution in [3.8, 4) is 11.5 Å². The van der Waals surface area contributed by atoms with Crippen LogP contribution in [0.3, 0.4) is 0 Å². The first-order chi connectivity index (χ1) is 8.78. The Hall–Kier alpha value is -1.48. The van der Waals surface area contributed by atoms with Crippen LogP contribution in [0.2, 0.25) is 0 Å². The zero-order valence-electron chi connectivity index (χ0n) is 11.5. The third kappa shape index (κ3) is 3.50. The predicted octanol–water partition coefficient (Wildman–Crippen LogP) is 3.32. The van der Waals surface area contributed by atoms with Crippen molar-refractivity contribution in [1.29, 1.82) is 0 Å². The van der Waals surface area contributed by atoms with Gasteiger partial charge in [-0.3, -0.25) is 0 Å². The molecule has 0 amide bonds. The quantitative estimate of drug-likeness (QED) is 0.566. The summed E-state index contributed by atoms with van der Waals surface area (Å²) in [7, 11) is 5.31. The van der Waals surface area contributed by atoms with Crippen LogP contribution in [0.15, 0.2) is 30.9 Å². The van der Waals surface area contributed by atoms with Crippen molar-refractivity contribution >= 4 is 0 Å². The van der Waals surface area contributed by atoms with Crippen LogP contribution < -0.4 is 14.8 Å². The van der Waals surface area contributed by atoms with E-state index in [9.17, 15) is 0 Å². The Balaban J connectivity index is 2.93. The number of unbranched alkanes of at least 4 members (excludes halogenated alkanes) is 1. The molecule has 0 saturated heterocycles. The van der Waals surface area contributed by atoms with E-state index in [2.05, 4.69) is 18.0 Å². The van der Waals surface area contributed by atoms with E-state index in [1.165, 1.54) is 0 Å². The highest BCUT2D eigenvalue weighted by Crippen LogP contribution is 2.36. The van der Waals surface area contributed by atoms with Gasteiger partial charge in [-0.15, -0.1) is 6.58 Å². The highest BCUT2D eigenvalue weighted by Gasteiger charge is 2.17. The predicted molar refractivity (Wildman–Crippen MR) is 75.4 cm³/mol. The Kier molecular flexibility index (Phi) is 6.29. The number of methoxy groups -OCH3 is 2. The van der Waals surface area contributed by atoms with Crippen LogP contribution in [0.4, 0.5) is 0 Å². The average Bonchev–Trinajstić information content (AvgIpc) is 2.42. The maximum atomic E-state index is 5.47. The first-order valence-electron chi connectivity index (χ1n) is 6.27. The van der Waals surface area contributed by atoms with E-state index in [1.54, 1.807) is 14.2 Å². The lowest BCUT2D eigenvalue weighted by molar-refractivity contribution is 0.346. The Morgan fingerprint density at radius 1 is 1.33 bits per heavy atom. The molecule has 0 saturated carbocycles. The summed E-state index contributed by atoms with van der Waals surface area (Å²) in [5, 5.41) is 3.33. The molecule has 18 heavy (non-hydrogen) atoms. The molecule has 0 aliphatic carbocycles. The normalized spacial score (nSPS) is 11.9. The van der Waals surface area contributed by atoms with Gasteiger partial charge >= 0.3 is 0 Å². The van der Waals surface area contributed by atoms with E-state index in [1.807, 2.05) is 25.3 Å². The Labute approximate surface area is 110 Å². The molecule has 0 aromatic heterocycles. The number of ether oxygens (including phenoxy) is 2. The second kappa shape index (κ2) is 7.77. The van der Waals surface area contributed by atoms with Crippen molar-refractivity contribution in [2.75, 3.05) is 21.3 Å². The summed E-state index contributed by atoms with van der Waals surface area (Å²) in [4.78, 5) is 0. The SMILES string of the molecule is C=CCCCC(NC)c1cccc(OC)c1OC. The van der Waals surface area contributed by atoms with Gasteiger partial charge in [-0.25, -0.2) is 0 Å². The van der Waals surface area contributed by atoms with Crippen molar-refractivity contribution < 1.29 is 9.47 Å². The molecule has 3 heteroatoms. The minimum Gasteiger partial charge on any atom is -0.493 e. The molecule has 1 rings (SSSR count). The van der Waals surface area contributed by atoms with Crippen molar-refractivity contribution in [2.45, 2.75) is 25.3 Å². The number of hydrogen-bond donors (Lipinski definition) is 1. The molecule has 3 nitrogen and oxygen atoms in total. The van der Waals surface area contributed by atoms with Gasteiger partial charge in [-0.1, -0.05) is 18.2 Å². The summed E-state index contributed by atoms with van der Waals surface area (Å²) in [5.74, 6) is 1.59. The molecule has 0 radical (unpaired) electrons. The third-order valence-electron chi connectivity index (χ3n) is 3.06. The highest BCUT2D eigenvalue weighted by molar-refractivity contribution is 5.48. The van der Waals surface area contributed by atoms with Crippen LogP contribution in [0.1, 0.15) is 30.9 Å². The fraction of sp³-hybridized carbons (Fsp3) is 0.467.